The highest BCUT2D eigenvalue weighted by molar-refractivity contribution is 5.55. The highest BCUT2D eigenvalue weighted by atomic mass is 19.1. The third-order valence-electron chi connectivity index (χ3n) is 2.65. The molecule has 1 heterocycles. The Morgan fingerprint density at radius 1 is 1.42 bits per heavy atom. The molecule has 19 heavy (non-hydrogen) atoms. The molecule has 5 nitrogen and oxygen atoms in total. The van der Waals surface area contributed by atoms with E-state index >= 15 is 0 Å². The third-order valence-corrected chi connectivity index (χ3v) is 2.65. The summed E-state index contributed by atoms with van der Waals surface area (Å²) >= 11 is 0. The molecule has 0 saturated carbocycles. The van der Waals surface area contributed by atoms with Crippen LogP contribution < -0.4 is 0 Å². The fourth-order valence-corrected chi connectivity index (χ4v) is 1.73. The third kappa shape index (κ3) is 2.90. The van der Waals surface area contributed by atoms with E-state index in [0.29, 0.717) is 18.9 Å². The summed E-state index contributed by atoms with van der Waals surface area (Å²) in [5.74, 6) is -0.293. The molecular weight excluding hydrogens is 251 g/mol. The van der Waals surface area contributed by atoms with Crippen LogP contribution >= 0.6 is 0 Å². The molecule has 0 fully saturated rings. The number of hydrogen-bond donors (Lipinski definition) is 1. The summed E-state index contributed by atoms with van der Waals surface area (Å²) in [5.41, 5.74) is 0.155. The van der Waals surface area contributed by atoms with Gasteiger partial charge >= 0.3 is 0 Å². The summed E-state index contributed by atoms with van der Waals surface area (Å²) in [6.45, 7) is 4.36. The van der Waals surface area contributed by atoms with Crippen molar-refractivity contribution < 1.29 is 18.8 Å². The van der Waals surface area contributed by atoms with E-state index in [9.17, 15) is 4.39 Å². The van der Waals surface area contributed by atoms with Crippen LogP contribution in [0.15, 0.2) is 22.7 Å². The first-order valence-electron chi connectivity index (χ1n) is 6.09. The lowest BCUT2D eigenvalue weighted by Gasteiger charge is -2.09. The Labute approximate surface area is 110 Å². The fourth-order valence-electron chi connectivity index (χ4n) is 1.73. The highest BCUT2D eigenvalue weighted by Crippen LogP contribution is 2.26. The Morgan fingerprint density at radius 3 is 2.84 bits per heavy atom. The molecule has 0 saturated heterocycles. The zero-order valence-electron chi connectivity index (χ0n) is 10.8. The molecule has 1 unspecified atom stereocenters. The Morgan fingerprint density at radius 2 is 2.21 bits per heavy atom. The molecule has 1 N–H and O–H groups in total. The van der Waals surface area contributed by atoms with Gasteiger partial charge in [0.05, 0.1) is 5.56 Å². The van der Waals surface area contributed by atoms with E-state index in [2.05, 4.69) is 10.1 Å². The maximum Gasteiger partial charge on any atom is 0.260 e. The Balaban J connectivity index is 2.29. The maximum atomic E-state index is 13.7. The van der Waals surface area contributed by atoms with Crippen LogP contribution in [0.3, 0.4) is 0 Å². The molecule has 0 bridgehead atoms. The van der Waals surface area contributed by atoms with Crippen LogP contribution in [-0.2, 0) is 4.74 Å². The molecule has 2 rings (SSSR count). The molecule has 1 atom stereocenters. The predicted molar refractivity (Wildman–Crippen MR) is 66.0 cm³/mol. The molecular formula is C13H15FN2O3. The number of phenols is 1. The van der Waals surface area contributed by atoms with Crippen molar-refractivity contribution in [3.63, 3.8) is 0 Å². The normalized spacial score (nSPS) is 12.6. The lowest BCUT2D eigenvalue weighted by atomic mass is 10.2. The van der Waals surface area contributed by atoms with E-state index in [1.165, 1.54) is 12.1 Å². The monoisotopic (exact) mass is 266 g/mol. The van der Waals surface area contributed by atoms with Gasteiger partial charge in [0.1, 0.15) is 17.7 Å². The van der Waals surface area contributed by atoms with Crippen molar-refractivity contribution >= 4 is 0 Å². The van der Waals surface area contributed by atoms with Gasteiger partial charge < -0.3 is 14.4 Å². The molecule has 2 aromatic rings. The molecule has 6 heteroatoms. The maximum absolute atomic E-state index is 13.7. The van der Waals surface area contributed by atoms with Crippen LogP contribution in [0, 0.1) is 5.82 Å². The van der Waals surface area contributed by atoms with Crippen molar-refractivity contribution in [1.82, 2.24) is 10.1 Å². The van der Waals surface area contributed by atoms with Gasteiger partial charge in [-0.25, -0.2) is 4.39 Å². The van der Waals surface area contributed by atoms with E-state index in [4.69, 9.17) is 14.4 Å². The van der Waals surface area contributed by atoms with E-state index in [1.807, 2.05) is 13.8 Å². The molecule has 0 radical (unpaired) electrons. The minimum absolute atomic E-state index is 0.0747. The van der Waals surface area contributed by atoms with Gasteiger partial charge in [-0.1, -0.05) is 12.1 Å². The van der Waals surface area contributed by atoms with Crippen molar-refractivity contribution in [3.05, 3.63) is 29.8 Å². The van der Waals surface area contributed by atoms with Crippen LogP contribution in [0.5, 0.6) is 5.75 Å². The van der Waals surface area contributed by atoms with E-state index < -0.39 is 5.82 Å². The number of phenolic OH excluding ortho intramolecular Hbond substituents is 1. The van der Waals surface area contributed by atoms with Gasteiger partial charge in [-0.3, -0.25) is 0 Å². The summed E-state index contributed by atoms with van der Waals surface area (Å²) in [4.78, 5) is 4.14. The van der Waals surface area contributed by atoms with Crippen molar-refractivity contribution in [3.8, 4) is 17.2 Å². The zero-order chi connectivity index (χ0) is 13.8. The SMILES string of the molecule is CCOC(CC)c1noc(-c2ccc(O)cc2F)n1. The van der Waals surface area contributed by atoms with Gasteiger partial charge in [0.25, 0.3) is 5.89 Å². The molecule has 1 aromatic carbocycles. The van der Waals surface area contributed by atoms with Gasteiger partial charge in [0.2, 0.25) is 5.82 Å². The van der Waals surface area contributed by atoms with Crippen LogP contribution in [-0.4, -0.2) is 21.9 Å². The minimum Gasteiger partial charge on any atom is -0.508 e. The van der Waals surface area contributed by atoms with Crippen molar-refractivity contribution in [2.45, 2.75) is 26.4 Å². The molecule has 102 valence electrons. The smallest absolute Gasteiger partial charge is 0.260 e. The first kappa shape index (κ1) is 13.5. The molecule has 0 aliphatic carbocycles. The van der Waals surface area contributed by atoms with Gasteiger partial charge in [-0.15, -0.1) is 0 Å². The number of rotatable bonds is 5. The number of ether oxygens (including phenoxy) is 1. The summed E-state index contributed by atoms with van der Waals surface area (Å²) < 4.78 is 24.2. The van der Waals surface area contributed by atoms with Gasteiger partial charge in [0, 0.05) is 12.7 Å². The van der Waals surface area contributed by atoms with Crippen molar-refractivity contribution in [1.29, 1.82) is 0 Å². The van der Waals surface area contributed by atoms with Gasteiger partial charge in [-0.2, -0.15) is 4.98 Å². The van der Waals surface area contributed by atoms with Crippen molar-refractivity contribution in [2.24, 2.45) is 0 Å². The number of nitrogens with zero attached hydrogens (tertiary/aromatic N) is 2. The zero-order valence-corrected chi connectivity index (χ0v) is 10.8. The quantitative estimate of drug-likeness (QED) is 0.900. The molecule has 0 amide bonds. The number of benzene rings is 1. The number of halogens is 1. The first-order chi connectivity index (χ1) is 9.15. The standard InChI is InChI=1S/C13H15FN2O3/c1-3-11(18-4-2)12-15-13(19-16-12)9-6-5-8(17)7-10(9)14/h5-7,11,17H,3-4H2,1-2H3. The fraction of sp³-hybridized carbons (Fsp3) is 0.385. The topological polar surface area (TPSA) is 68.4 Å². The summed E-state index contributed by atoms with van der Waals surface area (Å²) in [6.07, 6.45) is 0.438. The summed E-state index contributed by atoms with van der Waals surface area (Å²) in [6, 6.07) is 3.75. The second-order valence-electron chi connectivity index (χ2n) is 3.97. The first-order valence-corrected chi connectivity index (χ1v) is 6.09. The van der Waals surface area contributed by atoms with Gasteiger partial charge in [0.15, 0.2) is 0 Å². The molecule has 0 aliphatic rings. The predicted octanol–water partition coefficient (Wildman–Crippen LogP) is 3.07. The number of aromatic nitrogens is 2. The Hall–Kier alpha value is -1.95. The average Bonchev–Trinajstić information content (AvgIpc) is 2.85. The molecule has 1 aromatic heterocycles. The second-order valence-corrected chi connectivity index (χ2v) is 3.97. The Bertz CT molecular complexity index is 557. The van der Waals surface area contributed by atoms with Crippen LogP contribution in [0.2, 0.25) is 0 Å². The molecule has 0 aliphatic heterocycles. The van der Waals surface area contributed by atoms with E-state index in [1.54, 1.807) is 0 Å². The van der Waals surface area contributed by atoms with Gasteiger partial charge in [-0.05, 0) is 25.5 Å². The lowest BCUT2D eigenvalue weighted by Crippen LogP contribution is -2.04. The van der Waals surface area contributed by atoms with E-state index in [0.717, 1.165) is 6.07 Å². The Kier molecular flexibility index (Phi) is 4.11. The van der Waals surface area contributed by atoms with Crippen LogP contribution in [0.4, 0.5) is 4.39 Å². The highest BCUT2D eigenvalue weighted by Gasteiger charge is 2.19. The van der Waals surface area contributed by atoms with Crippen LogP contribution in [0.25, 0.3) is 11.5 Å². The van der Waals surface area contributed by atoms with Crippen LogP contribution in [0.1, 0.15) is 32.2 Å². The van der Waals surface area contributed by atoms with Crippen molar-refractivity contribution in [2.75, 3.05) is 6.61 Å². The second kappa shape index (κ2) is 5.79. The largest absolute Gasteiger partial charge is 0.508 e. The number of hydrogen-bond acceptors (Lipinski definition) is 5. The molecule has 0 spiro atoms. The lowest BCUT2D eigenvalue weighted by molar-refractivity contribution is 0.0518. The summed E-state index contributed by atoms with van der Waals surface area (Å²) in [5, 5.41) is 13.0. The summed E-state index contributed by atoms with van der Waals surface area (Å²) in [7, 11) is 0. The number of aromatic hydroxyl groups is 1. The van der Waals surface area contributed by atoms with E-state index in [-0.39, 0.29) is 23.3 Å². The minimum atomic E-state index is -0.611. The average molecular weight is 266 g/mol.